The fraction of sp³-hybridized carbons (Fsp3) is 0.636. The van der Waals surface area contributed by atoms with Crippen molar-refractivity contribution in [3.63, 3.8) is 0 Å². The minimum absolute atomic E-state index is 0.00149. The molecule has 0 fully saturated rings. The number of amides is 2. The summed E-state index contributed by atoms with van der Waals surface area (Å²) < 4.78 is 0. The Balaban J connectivity index is 4.29. The first kappa shape index (κ1) is 15.3. The molecule has 0 unspecified atom stereocenters. The van der Waals surface area contributed by atoms with Gasteiger partial charge < -0.3 is 20.2 Å². The van der Waals surface area contributed by atoms with E-state index in [9.17, 15) is 9.59 Å². The number of carbonyl (C=O) groups is 2. The smallest absolute Gasteiger partial charge is 0.323 e. The number of carbonyl (C=O) groups excluding carboxylic acids is 1. The molecule has 0 bridgehead atoms. The molecule has 0 saturated carbocycles. The minimum atomic E-state index is -1.07. The van der Waals surface area contributed by atoms with Crippen molar-refractivity contribution in [3.05, 3.63) is 0 Å². The Hall–Kier alpha value is -1.74. The molecule has 0 aromatic rings. The Morgan fingerprint density at radius 3 is 2.59 bits per heavy atom. The summed E-state index contributed by atoms with van der Waals surface area (Å²) in [6.07, 6.45) is 5.90. The van der Waals surface area contributed by atoms with Crippen molar-refractivity contribution in [2.75, 3.05) is 40.3 Å². The third-order valence-corrected chi connectivity index (χ3v) is 2.13. The maximum absolute atomic E-state index is 11.8. The van der Waals surface area contributed by atoms with Crippen LogP contribution in [0.1, 0.15) is 6.42 Å². The molecule has 0 aliphatic heterocycles. The van der Waals surface area contributed by atoms with Gasteiger partial charge >= 0.3 is 12.0 Å². The highest BCUT2D eigenvalue weighted by molar-refractivity contribution is 5.80. The summed E-state index contributed by atoms with van der Waals surface area (Å²) in [6, 6.07) is -0.360. The van der Waals surface area contributed by atoms with Crippen molar-refractivity contribution in [1.29, 1.82) is 0 Å². The molecule has 0 heterocycles. The van der Waals surface area contributed by atoms with E-state index in [0.29, 0.717) is 6.54 Å². The van der Waals surface area contributed by atoms with Gasteiger partial charge in [0.2, 0.25) is 0 Å². The molecule has 0 atom stereocenters. The largest absolute Gasteiger partial charge is 0.480 e. The van der Waals surface area contributed by atoms with E-state index in [1.165, 1.54) is 4.90 Å². The number of carboxylic acids is 1. The third-order valence-electron chi connectivity index (χ3n) is 2.13. The highest BCUT2D eigenvalue weighted by Gasteiger charge is 2.18. The lowest BCUT2D eigenvalue weighted by Gasteiger charge is -2.25. The first-order chi connectivity index (χ1) is 8.02. The summed E-state index contributed by atoms with van der Waals surface area (Å²) in [6.45, 7) is 0.979. The molecular weight excluding hydrogens is 222 g/mol. The van der Waals surface area contributed by atoms with Crippen LogP contribution in [0.2, 0.25) is 0 Å². The quantitative estimate of drug-likeness (QED) is 0.473. The van der Waals surface area contributed by atoms with Gasteiger partial charge in [-0.1, -0.05) is 5.92 Å². The van der Waals surface area contributed by atoms with Crippen LogP contribution in [-0.4, -0.2) is 67.2 Å². The molecule has 2 amide bonds. The average molecular weight is 241 g/mol. The Bertz CT molecular complexity index is 299. The molecule has 0 radical (unpaired) electrons. The van der Waals surface area contributed by atoms with Gasteiger partial charge in [0.05, 0.1) is 6.54 Å². The number of terminal acetylenes is 1. The Morgan fingerprint density at radius 1 is 1.47 bits per heavy atom. The van der Waals surface area contributed by atoms with E-state index in [0.717, 1.165) is 17.9 Å². The van der Waals surface area contributed by atoms with Crippen molar-refractivity contribution in [2.45, 2.75) is 6.42 Å². The number of urea groups is 1. The highest BCUT2D eigenvalue weighted by atomic mass is 16.4. The maximum Gasteiger partial charge on any atom is 0.323 e. The van der Waals surface area contributed by atoms with E-state index in [1.54, 1.807) is 7.05 Å². The van der Waals surface area contributed by atoms with Gasteiger partial charge in [0, 0.05) is 13.6 Å². The van der Waals surface area contributed by atoms with E-state index >= 15 is 0 Å². The van der Waals surface area contributed by atoms with Crippen molar-refractivity contribution in [3.8, 4) is 12.3 Å². The number of aliphatic carboxylic acids is 1. The summed E-state index contributed by atoms with van der Waals surface area (Å²) in [4.78, 5) is 25.0. The van der Waals surface area contributed by atoms with Crippen LogP contribution < -0.4 is 5.32 Å². The van der Waals surface area contributed by atoms with Gasteiger partial charge in [0.25, 0.3) is 0 Å². The molecule has 0 rings (SSSR count). The summed E-state index contributed by atoms with van der Waals surface area (Å²) in [5.74, 6) is 1.21. The van der Waals surface area contributed by atoms with Crippen LogP contribution in [0.4, 0.5) is 4.79 Å². The van der Waals surface area contributed by atoms with Crippen molar-refractivity contribution in [2.24, 2.45) is 0 Å². The summed E-state index contributed by atoms with van der Waals surface area (Å²) >= 11 is 0. The lowest BCUT2D eigenvalue weighted by molar-refractivity contribution is -0.137. The second kappa shape index (κ2) is 8.42. The SMILES string of the molecule is C#CCN(CC(=O)O)C(=O)N(C)CCCNC. The van der Waals surface area contributed by atoms with E-state index in [1.807, 2.05) is 7.05 Å². The zero-order chi connectivity index (χ0) is 13.3. The van der Waals surface area contributed by atoms with Crippen LogP contribution >= 0.6 is 0 Å². The first-order valence-corrected chi connectivity index (χ1v) is 5.32. The Kier molecular flexibility index (Phi) is 7.55. The van der Waals surface area contributed by atoms with Crippen LogP contribution in [0, 0.1) is 12.3 Å². The summed E-state index contributed by atoms with van der Waals surface area (Å²) in [5.41, 5.74) is 0. The summed E-state index contributed by atoms with van der Waals surface area (Å²) in [7, 11) is 3.46. The molecule has 6 heteroatoms. The molecule has 17 heavy (non-hydrogen) atoms. The number of rotatable bonds is 7. The van der Waals surface area contributed by atoms with Gasteiger partial charge in [-0.3, -0.25) is 4.79 Å². The first-order valence-electron chi connectivity index (χ1n) is 5.32. The molecule has 0 spiro atoms. The second-order valence-corrected chi connectivity index (χ2v) is 3.62. The highest BCUT2D eigenvalue weighted by Crippen LogP contribution is 1.97. The number of hydrogen-bond donors (Lipinski definition) is 2. The molecule has 0 aromatic carbocycles. The average Bonchev–Trinajstić information content (AvgIpc) is 2.27. The number of hydrogen-bond acceptors (Lipinski definition) is 3. The number of carboxylic acid groups (broad SMARTS) is 1. The Labute approximate surface area is 102 Å². The van der Waals surface area contributed by atoms with E-state index in [-0.39, 0.29) is 19.1 Å². The third kappa shape index (κ3) is 6.43. The van der Waals surface area contributed by atoms with Gasteiger partial charge in [0.15, 0.2) is 0 Å². The molecule has 0 aliphatic rings. The Morgan fingerprint density at radius 2 is 2.12 bits per heavy atom. The molecule has 0 aromatic heterocycles. The van der Waals surface area contributed by atoms with Crippen LogP contribution in [0.15, 0.2) is 0 Å². The van der Waals surface area contributed by atoms with Crippen molar-refractivity contribution >= 4 is 12.0 Å². The normalized spacial score (nSPS) is 9.47. The molecular formula is C11H19N3O3. The van der Waals surface area contributed by atoms with E-state index in [2.05, 4.69) is 11.2 Å². The van der Waals surface area contributed by atoms with Crippen LogP contribution in [0.3, 0.4) is 0 Å². The molecule has 96 valence electrons. The van der Waals surface area contributed by atoms with Crippen molar-refractivity contribution < 1.29 is 14.7 Å². The van der Waals surface area contributed by atoms with Gasteiger partial charge in [-0.25, -0.2) is 4.79 Å². The van der Waals surface area contributed by atoms with Gasteiger partial charge in [-0.05, 0) is 20.0 Å². The van der Waals surface area contributed by atoms with Gasteiger partial charge in [-0.15, -0.1) is 6.42 Å². The maximum atomic E-state index is 11.8. The predicted molar refractivity (Wildman–Crippen MR) is 64.6 cm³/mol. The van der Waals surface area contributed by atoms with Gasteiger partial charge in [-0.2, -0.15) is 0 Å². The van der Waals surface area contributed by atoms with Crippen molar-refractivity contribution in [1.82, 2.24) is 15.1 Å². The number of nitrogens with zero attached hydrogens (tertiary/aromatic N) is 2. The topological polar surface area (TPSA) is 72.9 Å². The standard InChI is InChI=1S/C11H19N3O3/c1-4-7-14(9-10(15)16)11(17)13(3)8-5-6-12-2/h1,12H,5-9H2,2-3H3,(H,15,16). The molecule has 0 aliphatic carbocycles. The van der Waals surface area contributed by atoms with Crippen LogP contribution in [0.5, 0.6) is 0 Å². The zero-order valence-corrected chi connectivity index (χ0v) is 10.3. The fourth-order valence-corrected chi connectivity index (χ4v) is 1.29. The predicted octanol–water partition coefficient (Wildman–Crippen LogP) is -0.332. The molecule has 6 nitrogen and oxygen atoms in total. The molecule has 0 saturated heterocycles. The fourth-order valence-electron chi connectivity index (χ4n) is 1.29. The van der Waals surface area contributed by atoms with Crippen LogP contribution in [-0.2, 0) is 4.79 Å². The van der Waals surface area contributed by atoms with Gasteiger partial charge in [0.1, 0.15) is 6.54 Å². The summed E-state index contributed by atoms with van der Waals surface area (Å²) in [5, 5.41) is 11.6. The number of nitrogens with one attached hydrogen (secondary N) is 1. The van der Waals surface area contributed by atoms with E-state index < -0.39 is 5.97 Å². The van der Waals surface area contributed by atoms with E-state index in [4.69, 9.17) is 11.5 Å². The lowest BCUT2D eigenvalue weighted by Crippen LogP contribution is -2.44. The van der Waals surface area contributed by atoms with Crippen LogP contribution in [0.25, 0.3) is 0 Å². The second-order valence-electron chi connectivity index (χ2n) is 3.62. The monoisotopic (exact) mass is 241 g/mol. The lowest BCUT2D eigenvalue weighted by atomic mass is 10.4. The zero-order valence-electron chi connectivity index (χ0n) is 10.3. The molecule has 2 N–H and O–H groups in total. The minimum Gasteiger partial charge on any atom is -0.480 e.